The first-order valence-corrected chi connectivity index (χ1v) is 8.48. The molecule has 0 aromatic heterocycles. The van der Waals surface area contributed by atoms with Crippen LogP contribution in [0, 0.1) is 0 Å². The summed E-state index contributed by atoms with van der Waals surface area (Å²) in [6.45, 7) is 7.30. The number of nitrogens with zero attached hydrogens (tertiary/aromatic N) is 1. The van der Waals surface area contributed by atoms with Crippen LogP contribution >= 0.6 is 0 Å². The highest BCUT2D eigenvalue weighted by Crippen LogP contribution is 2.22. The summed E-state index contributed by atoms with van der Waals surface area (Å²) in [5.74, 6) is -0.837. The fourth-order valence-corrected chi connectivity index (χ4v) is 2.69. The van der Waals surface area contributed by atoms with E-state index in [1.165, 1.54) is 4.90 Å². The van der Waals surface area contributed by atoms with Crippen molar-refractivity contribution in [1.82, 2.24) is 4.90 Å². The van der Waals surface area contributed by atoms with Crippen LogP contribution in [0.5, 0.6) is 0 Å². The minimum atomic E-state index is -0.906. The second kappa shape index (κ2) is 7.68. The van der Waals surface area contributed by atoms with E-state index in [0.29, 0.717) is 24.9 Å². The van der Waals surface area contributed by atoms with E-state index in [0.717, 1.165) is 0 Å². The van der Waals surface area contributed by atoms with Crippen molar-refractivity contribution in [3.63, 3.8) is 0 Å². The predicted molar refractivity (Wildman–Crippen MR) is 92.3 cm³/mol. The Hall–Kier alpha value is -2.37. The van der Waals surface area contributed by atoms with Crippen LogP contribution in [0.4, 0.5) is 4.79 Å². The van der Waals surface area contributed by atoms with Crippen molar-refractivity contribution in [2.24, 2.45) is 0 Å². The summed E-state index contributed by atoms with van der Waals surface area (Å²) < 4.78 is 10.7. The molecule has 1 aliphatic heterocycles. The summed E-state index contributed by atoms with van der Waals surface area (Å²) in [4.78, 5) is 38.4. The van der Waals surface area contributed by atoms with E-state index in [9.17, 15) is 14.4 Å². The Balaban J connectivity index is 1.99. The van der Waals surface area contributed by atoms with Crippen LogP contribution in [0.25, 0.3) is 0 Å². The molecule has 6 heteroatoms. The average molecular weight is 347 g/mol. The molecule has 2 rings (SSSR count). The van der Waals surface area contributed by atoms with Crippen LogP contribution < -0.4 is 0 Å². The van der Waals surface area contributed by atoms with Gasteiger partial charge in [0.05, 0.1) is 0 Å². The maximum absolute atomic E-state index is 12.4. The number of hydrogen-bond acceptors (Lipinski definition) is 5. The highest BCUT2D eigenvalue weighted by atomic mass is 16.6. The fraction of sp³-hybridized carbons (Fsp3) is 0.526. The first-order valence-electron chi connectivity index (χ1n) is 8.48. The van der Waals surface area contributed by atoms with Gasteiger partial charge in [-0.2, -0.15) is 0 Å². The Kier molecular flexibility index (Phi) is 5.82. The number of amides is 1. The summed E-state index contributed by atoms with van der Waals surface area (Å²) in [5.41, 5.74) is -0.150. The number of likely N-dealkylation sites (tertiary alicyclic amines) is 1. The number of benzene rings is 1. The molecule has 2 atom stereocenters. The molecule has 0 aliphatic carbocycles. The Morgan fingerprint density at radius 3 is 2.40 bits per heavy atom. The minimum absolute atomic E-state index is 0.268. The quantitative estimate of drug-likeness (QED) is 0.618. The Labute approximate surface area is 148 Å². The average Bonchev–Trinajstić information content (AvgIpc) is 3.03. The van der Waals surface area contributed by atoms with E-state index < -0.39 is 29.8 Å². The summed E-state index contributed by atoms with van der Waals surface area (Å²) in [5, 5.41) is 0. The van der Waals surface area contributed by atoms with Gasteiger partial charge in [-0.1, -0.05) is 30.3 Å². The highest BCUT2D eigenvalue weighted by Gasteiger charge is 2.38. The molecule has 0 N–H and O–H groups in total. The van der Waals surface area contributed by atoms with Crippen LogP contribution in [-0.4, -0.2) is 47.0 Å². The molecule has 1 aliphatic rings. The van der Waals surface area contributed by atoms with Gasteiger partial charge in [0.2, 0.25) is 5.78 Å². The molecule has 0 bridgehead atoms. The zero-order valence-electron chi connectivity index (χ0n) is 15.2. The summed E-state index contributed by atoms with van der Waals surface area (Å²) in [7, 11) is 0. The number of esters is 1. The molecule has 1 saturated heterocycles. The Bertz CT molecular complexity index is 635. The van der Waals surface area contributed by atoms with E-state index in [1.54, 1.807) is 52.0 Å². The zero-order valence-corrected chi connectivity index (χ0v) is 15.2. The normalized spacial score (nSPS) is 18.6. The third-order valence-corrected chi connectivity index (χ3v) is 3.87. The molecular formula is C19H25NO5. The van der Waals surface area contributed by atoms with Gasteiger partial charge in [0.15, 0.2) is 6.10 Å². The lowest BCUT2D eigenvalue weighted by atomic mass is 10.1. The smallest absolute Gasteiger partial charge is 0.411 e. The van der Waals surface area contributed by atoms with Crippen molar-refractivity contribution < 1.29 is 23.9 Å². The third-order valence-electron chi connectivity index (χ3n) is 3.87. The lowest BCUT2D eigenvalue weighted by Crippen LogP contribution is -2.45. The van der Waals surface area contributed by atoms with Crippen molar-refractivity contribution >= 4 is 17.8 Å². The van der Waals surface area contributed by atoms with Gasteiger partial charge in [0.1, 0.15) is 11.6 Å². The van der Waals surface area contributed by atoms with Crippen LogP contribution in [-0.2, 0) is 14.3 Å². The molecule has 1 aromatic rings. The van der Waals surface area contributed by atoms with Gasteiger partial charge in [0, 0.05) is 12.1 Å². The molecule has 0 radical (unpaired) electrons. The molecule has 1 heterocycles. The largest absolute Gasteiger partial charge is 0.453 e. The number of ketones is 1. The van der Waals surface area contributed by atoms with Crippen molar-refractivity contribution in [3.8, 4) is 0 Å². The van der Waals surface area contributed by atoms with Gasteiger partial charge in [-0.05, 0) is 40.5 Å². The van der Waals surface area contributed by atoms with E-state index in [4.69, 9.17) is 9.47 Å². The Morgan fingerprint density at radius 2 is 1.80 bits per heavy atom. The summed E-state index contributed by atoms with van der Waals surface area (Å²) in [6, 6.07) is 7.96. The van der Waals surface area contributed by atoms with E-state index in [2.05, 4.69) is 0 Å². The van der Waals surface area contributed by atoms with Crippen LogP contribution in [0.3, 0.4) is 0 Å². The number of carbonyl (C=O) groups excluding carboxylic acids is 3. The zero-order chi connectivity index (χ0) is 18.6. The number of ether oxygens (including phenoxy) is 2. The van der Waals surface area contributed by atoms with Crippen LogP contribution in [0.2, 0.25) is 0 Å². The fourth-order valence-electron chi connectivity index (χ4n) is 2.69. The lowest BCUT2D eigenvalue weighted by molar-refractivity contribution is -0.151. The molecule has 0 spiro atoms. The molecule has 1 fully saturated rings. The summed E-state index contributed by atoms with van der Waals surface area (Å²) in [6.07, 6.45) is -0.241. The number of hydrogen-bond donors (Lipinski definition) is 0. The van der Waals surface area contributed by atoms with E-state index in [1.807, 2.05) is 6.07 Å². The van der Waals surface area contributed by atoms with Gasteiger partial charge in [-0.3, -0.25) is 9.69 Å². The maximum Gasteiger partial charge on any atom is 0.411 e. The first kappa shape index (κ1) is 19.0. The second-order valence-corrected chi connectivity index (χ2v) is 7.14. The van der Waals surface area contributed by atoms with Gasteiger partial charge >= 0.3 is 12.1 Å². The highest BCUT2D eigenvalue weighted by molar-refractivity contribution is 6.00. The lowest BCUT2D eigenvalue weighted by Gasteiger charge is -2.28. The molecule has 1 aromatic carbocycles. The number of rotatable bonds is 4. The minimum Gasteiger partial charge on any atom is -0.453 e. The van der Waals surface area contributed by atoms with Crippen molar-refractivity contribution in [2.75, 3.05) is 6.54 Å². The van der Waals surface area contributed by atoms with E-state index in [-0.39, 0.29) is 5.78 Å². The van der Waals surface area contributed by atoms with Gasteiger partial charge < -0.3 is 9.47 Å². The van der Waals surface area contributed by atoms with Crippen LogP contribution in [0.15, 0.2) is 30.3 Å². The topological polar surface area (TPSA) is 72.9 Å². The van der Waals surface area contributed by atoms with Gasteiger partial charge in [-0.25, -0.2) is 9.59 Å². The molecule has 1 amide bonds. The predicted octanol–water partition coefficient (Wildman–Crippen LogP) is 3.20. The first-order chi connectivity index (χ1) is 11.7. The van der Waals surface area contributed by atoms with E-state index >= 15 is 0 Å². The molecule has 136 valence electrons. The molecule has 1 unspecified atom stereocenters. The SMILES string of the molecule is C[C@H](OC(=O)C1CCCN1C(=O)OC(C)(C)C)C(=O)c1ccccc1. The second-order valence-electron chi connectivity index (χ2n) is 7.14. The number of carbonyl (C=O) groups is 3. The monoisotopic (exact) mass is 347 g/mol. The third kappa shape index (κ3) is 5.05. The van der Waals surface area contributed by atoms with Gasteiger partial charge in [-0.15, -0.1) is 0 Å². The van der Waals surface area contributed by atoms with Crippen molar-refractivity contribution in [1.29, 1.82) is 0 Å². The molecule has 6 nitrogen and oxygen atoms in total. The van der Waals surface area contributed by atoms with Gasteiger partial charge in [0.25, 0.3) is 0 Å². The maximum atomic E-state index is 12.4. The van der Waals surface area contributed by atoms with Crippen molar-refractivity contribution in [2.45, 2.75) is 58.3 Å². The molecule has 25 heavy (non-hydrogen) atoms. The Morgan fingerprint density at radius 1 is 1.16 bits per heavy atom. The van der Waals surface area contributed by atoms with Crippen molar-refractivity contribution in [3.05, 3.63) is 35.9 Å². The molecular weight excluding hydrogens is 322 g/mol. The van der Waals surface area contributed by atoms with Crippen LogP contribution in [0.1, 0.15) is 50.9 Å². The molecule has 0 saturated carbocycles. The number of Topliss-reactive ketones (excluding diaryl/α,β-unsaturated/α-hetero) is 1. The summed E-state index contributed by atoms with van der Waals surface area (Å²) >= 11 is 0. The standard InChI is InChI=1S/C19H25NO5/c1-13(16(21)14-9-6-5-7-10-14)24-17(22)15-11-8-12-20(15)18(23)25-19(2,3)4/h5-7,9-10,13,15H,8,11-12H2,1-4H3/t13-,15?/m0/s1.